The van der Waals surface area contributed by atoms with Gasteiger partial charge in [0.2, 0.25) is 5.91 Å². The Morgan fingerprint density at radius 2 is 1.45 bits per heavy atom. The van der Waals surface area contributed by atoms with E-state index in [0.717, 1.165) is 5.56 Å². The molecule has 3 N–H and O–H groups in total. The molecule has 0 fully saturated rings. The first kappa shape index (κ1) is 31.8. The van der Waals surface area contributed by atoms with Crippen molar-refractivity contribution in [1.82, 2.24) is 0 Å². The van der Waals surface area contributed by atoms with Crippen LogP contribution < -0.4 is 15.4 Å². The van der Waals surface area contributed by atoms with E-state index in [1.807, 2.05) is 30.3 Å². The molecule has 0 aliphatic heterocycles. The fraction of sp³-hybridized carbons (Fsp3) is 0.0690. The monoisotopic (exact) mass is 682 g/mol. The first-order chi connectivity index (χ1) is 20.0. The highest BCUT2D eigenvalue weighted by Gasteiger charge is 2.29. The maximum atomic E-state index is 13.6. The Balaban J connectivity index is 1.64. The average Bonchev–Trinajstić information content (AvgIpc) is 2.97. The van der Waals surface area contributed by atoms with E-state index in [2.05, 4.69) is 10.6 Å². The molecule has 1 atom stereocenters. The van der Waals surface area contributed by atoms with E-state index in [0.29, 0.717) is 27.0 Å². The second-order valence-electron chi connectivity index (χ2n) is 8.54. The number of nitrogens with one attached hydrogen (secondary N) is 2. The van der Waals surface area contributed by atoms with E-state index >= 15 is 0 Å². The van der Waals surface area contributed by atoms with Crippen molar-refractivity contribution in [2.75, 3.05) is 17.7 Å². The highest BCUT2D eigenvalue weighted by molar-refractivity contribution is 8.00. The first-order valence-corrected chi connectivity index (χ1v) is 14.6. The number of carbonyl (C=O) groups excluding carboxylic acids is 2. The standard InChI is InChI=1S/C29H19Cl5N2O5S/c1-41-19-11-10-15(30)12-18(19)36-28(38)26(14-6-3-2-4-7-14)42-17-9-5-8-16(13-17)35-27(37)20-21(29(39)40)23(32)25(34)24(33)22(20)31/h2-13,26H,1H3,(H,35,37)(H,36,38)(H,39,40). The van der Waals surface area contributed by atoms with Crippen LogP contribution in [-0.2, 0) is 4.79 Å². The molecule has 0 heterocycles. The molecule has 0 saturated heterocycles. The smallest absolute Gasteiger partial charge is 0.338 e. The van der Waals surface area contributed by atoms with E-state index in [-0.39, 0.29) is 21.0 Å². The predicted octanol–water partition coefficient (Wildman–Crippen LogP) is 9.38. The lowest BCUT2D eigenvalue weighted by Crippen LogP contribution is -2.19. The molecular formula is C29H19Cl5N2O5S. The summed E-state index contributed by atoms with van der Waals surface area (Å²) in [6.07, 6.45) is 0. The van der Waals surface area contributed by atoms with Crippen molar-refractivity contribution >= 4 is 98.9 Å². The van der Waals surface area contributed by atoms with Crippen LogP contribution >= 0.6 is 69.8 Å². The van der Waals surface area contributed by atoms with Crippen LogP contribution in [0.25, 0.3) is 0 Å². The van der Waals surface area contributed by atoms with Gasteiger partial charge in [-0.05, 0) is 42.0 Å². The van der Waals surface area contributed by atoms with E-state index in [1.165, 1.54) is 18.9 Å². The molecule has 0 radical (unpaired) electrons. The highest BCUT2D eigenvalue weighted by Crippen LogP contribution is 2.42. The molecule has 1 unspecified atom stereocenters. The Labute approximate surface area is 270 Å². The fourth-order valence-corrected chi connectivity index (χ4v) is 6.17. The van der Waals surface area contributed by atoms with Gasteiger partial charge in [0.05, 0.1) is 44.0 Å². The van der Waals surface area contributed by atoms with Gasteiger partial charge in [0.1, 0.15) is 11.0 Å². The molecule has 4 rings (SSSR count). The van der Waals surface area contributed by atoms with Crippen molar-refractivity contribution < 1.29 is 24.2 Å². The Bertz CT molecular complexity index is 1690. The maximum absolute atomic E-state index is 13.6. The molecule has 0 saturated carbocycles. The number of hydrogen-bond acceptors (Lipinski definition) is 5. The Morgan fingerprint density at radius 3 is 2.10 bits per heavy atom. The summed E-state index contributed by atoms with van der Waals surface area (Å²) in [5.74, 6) is -2.28. The number of amides is 2. The third-order valence-electron chi connectivity index (χ3n) is 5.81. The summed E-state index contributed by atoms with van der Waals surface area (Å²) in [6, 6.07) is 20.6. The number of carboxylic acid groups (broad SMARTS) is 1. The Morgan fingerprint density at radius 1 is 0.786 bits per heavy atom. The van der Waals surface area contributed by atoms with Crippen LogP contribution in [0.4, 0.5) is 11.4 Å². The van der Waals surface area contributed by atoms with Crippen molar-refractivity contribution in [2.24, 2.45) is 0 Å². The minimum absolute atomic E-state index is 0.254. The van der Waals surface area contributed by atoms with Crippen LogP contribution in [0.1, 0.15) is 31.5 Å². The number of anilines is 2. The lowest BCUT2D eigenvalue weighted by molar-refractivity contribution is -0.115. The number of halogens is 5. The molecule has 0 aromatic heterocycles. The summed E-state index contributed by atoms with van der Waals surface area (Å²) < 4.78 is 5.36. The molecule has 0 aliphatic rings. The van der Waals surface area contributed by atoms with Gasteiger partial charge in [-0.15, -0.1) is 11.8 Å². The lowest BCUT2D eigenvalue weighted by Gasteiger charge is -2.19. The molecule has 0 aliphatic carbocycles. The molecule has 2 amide bonds. The molecule has 4 aromatic rings. The van der Waals surface area contributed by atoms with Crippen molar-refractivity contribution in [3.05, 3.63) is 115 Å². The topological polar surface area (TPSA) is 105 Å². The number of benzene rings is 4. The third kappa shape index (κ3) is 7.09. The minimum atomic E-state index is -1.51. The fourth-order valence-electron chi connectivity index (χ4n) is 3.90. The molecule has 0 bridgehead atoms. The zero-order valence-electron chi connectivity index (χ0n) is 21.4. The van der Waals surface area contributed by atoms with Crippen LogP contribution in [-0.4, -0.2) is 30.0 Å². The number of thioether (sulfide) groups is 1. The van der Waals surface area contributed by atoms with Crippen molar-refractivity contribution in [2.45, 2.75) is 10.1 Å². The van der Waals surface area contributed by atoms with E-state index in [4.69, 9.17) is 62.7 Å². The van der Waals surface area contributed by atoms with Crippen LogP contribution in [0, 0.1) is 0 Å². The summed E-state index contributed by atoms with van der Waals surface area (Å²) in [5.41, 5.74) is 0.390. The zero-order chi connectivity index (χ0) is 30.6. The van der Waals surface area contributed by atoms with Crippen LogP contribution in [0.2, 0.25) is 25.1 Å². The first-order valence-electron chi connectivity index (χ1n) is 11.9. The molecular weight excluding hydrogens is 666 g/mol. The summed E-state index contributed by atoms with van der Waals surface area (Å²) in [7, 11) is 1.49. The van der Waals surface area contributed by atoms with Gasteiger partial charge in [-0.2, -0.15) is 0 Å². The Kier molecular flexibility index (Phi) is 10.5. The van der Waals surface area contributed by atoms with Gasteiger partial charge in [0.25, 0.3) is 5.91 Å². The minimum Gasteiger partial charge on any atom is -0.495 e. The van der Waals surface area contributed by atoms with E-state index in [9.17, 15) is 19.5 Å². The number of hydrogen-bond donors (Lipinski definition) is 3. The largest absolute Gasteiger partial charge is 0.495 e. The zero-order valence-corrected chi connectivity index (χ0v) is 26.0. The Hall–Kier alpha value is -3.11. The second kappa shape index (κ2) is 13.9. The average molecular weight is 685 g/mol. The van der Waals surface area contributed by atoms with Gasteiger partial charge in [-0.1, -0.05) is 94.4 Å². The molecule has 0 spiro atoms. The van der Waals surface area contributed by atoms with E-state index in [1.54, 1.807) is 42.5 Å². The maximum Gasteiger partial charge on any atom is 0.338 e. The van der Waals surface area contributed by atoms with Gasteiger partial charge in [-0.3, -0.25) is 9.59 Å². The molecule has 42 heavy (non-hydrogen) atoms. The van der Waals surface area contributed by atoms with E-state index < -0.39 is 33.3 Å². The number of carboxylic acids is 1. The predicted molar refractivity (Wildman–Crippen MR) is 170 cm³/mol. The third-order valence-corrected chi connectivity index (χ3v) is 9.10. The van der Waals surface area contributed by atoms with Crippen LogP contribution in [0.5, 0.6) is 5.75 Å². The quantitative estimate of drug-likeness (QED) is 0.0922. The number of methoxy groups -OCH3 is 1. The lowest BCUT2D eigenvalue weighted by atomic mass is 10.1. The molecule has 7 nitrogen and oxygen atoms in total. The van der Waals surface area contributed by atoms with Gasteiger partial charge < -0.3 is 20.5 Å². The van der Waals surface area contributed by atoms with Crippen LogP contribution in [0.15, 0.2) is 77.7 Å². The molecule has 4 aromatic carbocycles. The summed E-state index contributed by atoms with van der Waals surface area (Å²) >= 11 is 31.8. The van der Waals surface area contributed by atoms with Gasteiger partial charge in [-0.25, -0.2) is 4.79 Å². The van der Waals surface area contributed by atoms with Crippen molar-refractivity contribution in [3.8, 4) is 5.75 Å². The number of ether oxygens (including phenoxy) is 1. The van der Waals surface area contributed by atoms with Gasteiger partial charge >= 0.3 is 5.97 Å². The van der Waals surface area contributed by atoms with Crippen molar-refractivity contribution in [3.63, 3.8) is 0 Å². The number of carbonyl (C=O) groups is 3. The van der Waals surface area contributed by atoms with Crippen LogP contribution in [0.3, 0.4) is 0 Å². The van der Waals surface area contributed by atoms with Gasteiger partial charge in [0, 0.05) is 15.6 Å². The van der Waals surface area contributed by atoms with Crippen molar-refractivity contribution in [1.29, 1.82) is 0 Å². The molecule has 216 valence electrons. The normalized spacial score (nSPS) is 11.5. The highest BCUT2D eigenvalue weighted by atomic mass is 35.5. The summed E-state index contributed by atoms with van der Waals surface area (Å²) in [6.45, 7) is 0. The summed E-state index contributed by atoms with van der Waals surface area (Å²) in [5, 5.41) is 13.6. The number of rotatable bonds is 9. The molecule has 13 heteroatoms. The summed E-state index contributed by atoms with van der Waals surface area (Å²) in [4.78, 5) is 39.3. The number of aromatic carboxylic acids is 1. The van der Waals surface area contributed by atoms with Gasteiger partial charge in [0.15, 0.2) is 0 Å². The second-order valence-corrected chi connectivity index (χ2v) is 11.7. The SMILES string of the molecule is COc1ccc(Cl)cc1NC(=O)C(Sc1cccc(NC(=O)c2c(Cl)c(Cl)c(Cl)c(Cl)c2C(=O)O)c1)c1ccccc1.